The molecule has 0 saturated heterocycles. The molecule has 0 aliphatic heterocycles. The van der Waals surface area contributed by atoms with Gasteiger partial charge in [0.25, 0.3) is 0 Å². The molecule has 130 valence electrons. The first-order valence-corrected chi connectivity index (χ1v) is 10.00. The molecular weight excluding hydrogens is 336 g/mol. The molecule has 0 atom stereocenters. The van der Waals surface area contributed by atoms with Gasteiger partial charge in [-0.1, -0.05) is 37.6 Å². The Kier molecular flexibility index (Phi) is 8.58. The van der Waals surface area contributed by atoms with Gasteiger partial charge in [0.15, 0.2) is 9.84 Å². The van der Waals surface area contributed by atoms with Gasteiger partial charge in [0.1, 0.15) is 5.75 Å². The van der Waals surface area contributed by atoms with Crippen LogP contribution in [-0.4, -0.2) is 51.2 Å². The highest BCUT2D eigenvalue weighted by Crippen LogP contribution is 2.12. The minimum atomic E-state index is -3.48. The van der Waals surface area contributed by atoms with E-state index in [1.54, 1.807) is 24.3 Å². The molecule has 1 rings (SSSR count). The number of nitrogens with one attached hydrogen (secondary N) is 1. The maximum Gasteiger partial charge on any atom is 0.235 e. The van der Waals surface area contributed by atoms with Crippen molar-refractivity contribution in [1.29, 1.82) is 0 Å². The van der Waals surface area contributed by atoms with E-state index in [0.29, 0.717) is 17.1 Å². The average molecular weight is 361 g/mol. The van der Waals surface area contributed by atoms with Crippen LogP contribution in [0.2, 0.25) is 5.02 Å². The summed E-state index contributed by atoms with van der Waals surface area (Å²) in [5, 5.41) is 3.22. The van der Waals surface area contributed by atoms with Crippen molar-refractivity contribution in [1.82, 2.24) is 10.2 Å². The normalized spacial score (nSPS) is 11.7. The van der Waals surface area contributed by atoms with Gasteiger partial charge in [-0.15, -0.1) is 0 Å². The third-order valence-corrected chi connectivity index (χ3v) is 5.25. The molecule has 0 aliphatic rings. The fraction of sp³-hybridized carbons (Fsp3) is 0.562. The van der Waals surface area contributed by atoms with Crippen LogP contribution in [0.5, 0.6) is 0 Å². The summed E-state index contributed by atoms with van der Waals surface area (Å²) in [4.78, 5) is 14.0. The Bertz CT molecular complexity index is 584. The van der Waals surface area contributed by atoms with Gasteiger partial charge < -0.3 is 10.2 Å². The van der Waals surface area contributed by atoms with E-state index < -0.39 is 21.5 Å². The number of carbonyl (C=O) groups excluding carboxylic acids is 1. The van der Waals surface area contributed by atoms with Crippen molar-refractivity contribution >= 4 is 27.3 Å². The molecule has 0 aliphatic carbocycles. The highest BCUT2D eigenvalue weighted by molar-refractivity contribution is 7.91. The molecule has 0 heterocycles. The molecular formula is C16H25ClN2O3S. The van der Waals surface area contributed by atoms with Crippen molar-refractivity contribution in [3.05, 3.63) is 34.9 Å². The number of rotatable bonds is 10. The predicted molar refractivity (Wildman–Crippen MR) is 94.4 cm³/mol. The first kappa shape index (κ1) is 19.9. The Hall–Kier alpha value is -1.11. The van der Waals surface area contributed by atoms with E-state index in [-0.39, 0.29) is 5.75 Å². The smallest absolute Gasteiger partial charge is 0.235 e. The highest BCUT2D eigenvalue weighted by atomic mass is 35.5. The van der Waals surface area contributed by atoms with E-state index in [9.17, 15) is 13.2 Å². The van der Waals surface area contributed by atoms with Gasteiger partial charge in [-0.05, 0) is 43.8 Å². The van der Waals surface area contributed by atoms with Crippen molar-refractivity contribution in [2.24, 2.45) is 0 Å². The number of hydrogen-bond donors (Lipinski definition) is 1. The van der Waals surface area contributed by atoms with Crippen molar-refractivity contribution in [3.63, 3.8) is 0 Å². The van der Waals surface area contributed by atoms with Crippen molar-refractivity contribution in [2.45, 2.75) is 26.0 Å². The Morgan fingerprint density at radius 2 is 1.78 bits per heavy atom. The van der Waals surface area contributed by atoms with Crippen LogP contribution in [0.25, 0.3) is 0 Å². The Labute approximate surface area is 143 Å². The van der Waals surface area contributed by atoms with E-state index in [1.165, 1.54) is 0 Å². The molecule has 7 heteroatoms. The minimum Gasteiger partial charge on any atom is -0.355 e. The summed E-state index contributed by atoms with van der Waals surface area (Å²) in [6, 6.07) is 6.59. The van der Waals surface area contributed by atoms with Gasteiger partial charge in [-0.3, -0.25) is 4.79 Å². The van der Waals surface area contributed by atoms with Crippen LogP contribution in [0.4, 0.5) is 0 Å². The van der Waals surface area contributed by atoms with Crippen molar-refractivity contribution in [2.75, 3.05) is 31.9 Å². The van der Waals surface area contributed by atoms with Crippen LogP contribution in [-0.2, 0) is 20.4 Å². The maximum atomic E-state index is 12.0. The van der Waals surface area contributed by atoms with Crippen LogP contribution in [0.15, 0.2) is 24.3 Å². The number of carbonyl (C=O) groups is 1. The monoisotopic (exact) mass is 360 g/mol. The zero-order valence-electron chi connectivity index (χ0n) is 13.7. The topological polar surface area (TPSA) is 66.5 Å². The SMILES string of the molecule is CCN(CC)CCCNC(=O)CS(=O)(=O)Cc1ccc(Cl)cc1. The molecule has 0 saturated carbocycles. The van der Waals surface area contributed by atoms with Gasteiger partial charge >= 0.3 is 0 Å². The van der Waals surface area contributed by atoms with Crippen LogP contribution in [0, 0.1) is 0 Å². The molecule has 23 heavy (non-hydrogen) atoms. The lowest BCUT2D eigenvalue weighted by atomic mass is 10.2. The first-order chi connectivity index (χ1) is 10.9. The minimum absolute atomic E-state index is 0.156. The average Bonchev–Trinajstić information content (AvgIpc) is 2.49. The molecule has 0 aromatic heterocycles. The third kappa shape index (κ3) is 8.34. The summed E-state index contributed by atoms with van der Waals surface area (Å²) in [7, 11) is -3.48. The maximum absolute atomic E-state index is 12.0. The molecule has 0 bridgehead atoms. The zero-order valence-corrected chi connectivity index (χ0v) is 15.3. The quantitative estimate of drug-likeness (QED) is 0.649. The summed E-state index contributed by atoms with van der Waals surface area (Å²) in [6.45, 7) is 7.51. The molecule has 1 aromatic carbocycles. The number of nitrogens with zero attached hydrogens (tertiary/aromatic N) is 1. The van der Waals surface area contributed by atoms with Crippen molar-refractivity contribution < 1.29 is 13.2 Å². The largest absolute Gasteiger partial charge is 0.355 e. The Balaban J connectivity index is 2.36. The lowest BCUT2D eigenvalue weighted by Gasteiger charge is -2.17. The third-order valence-electron chi connectivity index (χ3n) is 3.52. The van der Waals surface area contributed by atoms with E-state index >= 15 is 0 Å². The second-order valence-electron chi connectivity index (χ2n) is 5.39. The summed E-state index contributed by atoms with van der Waals surface area (Å²) in [5.41, 5.74) is 0.628. The molecule has 1 N–H and O–H groups in total. The molecule has 1 aromatic rings. The van der Waals surface area contributed by atoms with E-state index in [4.69, 9.17) is 11.6 Å². The zero-order chi connectivity index (χ0) is 17.3. The molecule has 0 spiro atoms. The second-order valence-corrected chi connectivity index (χ2v) is 7.89. The molecule has 0 fully saturated rings. The van der Waals surface area contributed by atoms with Gasteiger partial charge in [-0.2, -0.15) is 0 Å². The van der Waals surface area contributed by atoms with E-state index in [2.05, 4.69) is 24.1 Å². The summed E-state index contributed by atoms with van der Waals surface area (Å²) >= 11 is 5.76. The number of amides is 1. The van der Waals surface area contributed by atoms with Crippen molar-refractivity contribution in [3.8, 4) is 0 Å². The first-order valence-electron chi connectivity index (χ1n) is 7.80. The van der Waals surface area contributed by atoms with Crippen LogP contribution in [0.3, 0.4) is 0 Å². The summed E-state index contributed by atoms with van der Waals surface area (Å²) in [5.74, 6) is -1.09. The molecule has 0 unspecified atom stereocenters. The number of halogens is 1. The number of benzene rings is 1. The van der Waals surface area contributed by atoms with Crippen LogP contribution >= 0.6 is 11.6 Å². The fourth-order valence-corrected chi connectivity index (χ4v) is 3.64. The van der Waals surface area contributed by atoms with Crippen LogP contribution < -0.4 is 5.32 Å². The van der Waals surface area contributed by atoms with Gasteiger partial charge in [0, 0.05) is 11.6 Å². The van der Waals surface area contributed by atoms with Gasteiger partial charge in [0.05, 0.1) is 5.75 Å². The molecule has 1 amide bonds. The van der Waals surface area contributed by atoms with Gasteiger partial charge in [0.2, 0.25) is 5.91 Å². The standard InChI is InChI=1S/C16H25ClN2O3S/c1-3-19(4-2)11-5-10-18-16(20)13-23(21,22)12-14-6-8-15(17)9-7-14/h6-9H,3-5,10-13H2,1-2H3,(H,18,20). The predicted octanol–water partition coefficient (Wildman–Crippen LogP) is 2.10. The lowest BCUT2D eigenvalue weighted by Crippen LogP contribution is -2.33. The Morgan fingerprint density at radius 3 is 2.35 bits per heavy atom. The summed E-state index contributed by atoms with van der Waals surface area (Å²) < 4.78 is 24.1. The van der Waals surface area contributed by atoms with E-state index in [0.717, 1.165) is 26.1 Å². The number of hydrogen-bond acceptors (Lipinski definition) is 4. The Morgan fingerprint density at radius 1 is 1.17 bits per heavy atom. The van der Waals surface area contributed by atoms with E-state index in [1.807, 2.05) is 0 Å². The van der Waals surface area contributed by atoms with Crippen LogP contribution in [0.1, 0.15) is 25.8 Å². The summed E-state index contributed by atoms with van der Waals surface area (Å²) in [6.07, 6.45) is 0.810. The second kappa shape index (κ2) is 9.90. The highest BCUT2D eigenvalue weighted by Gasteiger charge is 2.17. The molecule has 0 radical (unpaired) electrons. The molecule has 5 nitrogen and oxygen atoms in total. The fourth-order valence-electron chi connectivity index (χ4n) is 2.21. The van der Waals surface area contributed by atoms with Gasteiger partial charge in [-0.25, -0.2) is 8.42 Å². The lowest BCUT2D eigenvalue weighted by molar-refractivity contribution is -0.118. The number of sulfone groups is 1.